The average molecular weight is 141 g/mol. The van der Waals surface area contributed by atoms with Crippen molar-refractivity contribution in [1.82, 2.24) is 0 Å². The Kier molecular flexibility index (Phi) is 3.76. The molecular formula is C6H7NOS. The molecule has 0 aromatic carbocycles. The molecule has 0 rings (SSSR count). The van der Waals surface area contributed by atoms with E-state index in [0.717, 1.165) is 0 Å². The van der Waals surface area contributed by atoms with E-state index in [0.29, 0.717) is 5.57 Å². The Labute approximate surface area is 59.3 Å². The quantitative estimate of drug-likeness (QED) is 0.315. The number of thiocarbonyl (C=S) groups is 1. The van der Waals surface area contributed by atoms with Crippen molar-refractivity contribution < 1.29 is 4.79 Å². The number of amides is 1. The molecule has 0 saturated carbocycles. The summed E-state index contributed by atoms with van der Waals surface area (Å²) in [5.74, 6) is -0.312. The van der Waals surface area contributed by atoms with Crippen LogP contribution in [0.2, 0.25) is 0 Å². The fourth-order valence-electron chi connectivity index (χ4n) is 0.253. The predicted molar refractivity (Wildman–Crippen MR) is 39.5 cm³/mol. The van der Waals surface area contributed by atoms with Gasteiger partial charge in [-0.15, -0.1) is 0 Å². The van der Waals surface area contributed by atoms with Crippen molar-refractivity contribution in [2.45, 2.75) is 13.8 Å². The number of rotatable bonds is 1. The Morgan fingerprint density at radius 3 is 2.67 bits per heavy atom. The zero-order chi connectivity index (χ0) is 7.28. The van der Waals surface area contributed by atoms with E-state index in [4.69, 9.17) is 0 Å². The summed E-state index contributed by atoms with van der Waals surface area (Å²) in [7, 11) is 0. The van der Waals surface area contributed by atoms with Crippen LogP contribution >= 0.6 is 12.2 Å². The predicted octanol–water partition coefficient (Wildman–Crippen LogP) is 1.58. The van der Waals surface area contributed by atoms with Crippen molar-refractivity contribution in [2.24, 2.45) is 4.99 Å². The van der Waals surface area contributed by atoms with Gasteiger partial charge in [-0.2, -0.15) is 4.99 Å². The molecule has 0 heterocycles. The number of carbonyl (C=O) groups is 1. The molecule has 0 aliphatic rings. The number of carbonyl (C=O) groups excluding carboxylic acids is 1. The minimum Gasteiger partial charge on any atom is -0.266 e. The molecule has 0 N–H and O–H groups in total. The van der Waals surface area contributed by atoms with Gasteiger partial charge in [0.1, 0.15) is 0 Å². The minimum atomic E-state index is -0.312. The van der Waals surface area contributed by atoms with Gasteiger partial charge in [0.05, 0.1) is 5.16 Å². The second-order valence-electron chi connectivity index (χ2n) is 1.48. The third-order valence-corrected chi connectivity index (χ3v) is 1.01. The molecule has 0 saturated heterocycles. The van der Waals surface area contributed by atoms with Crippen LogP contribution in [-0.4, -0.2) is 11.1 Å². The molecule has 0 unspecified atom stereocenters. The summed E-state index contributed by atoms with van der Waals surface area (Å²) in [5, 5.41) is 2.00. The average Bonchev–Trinajstić information content (AvgIpc) is 1.87. The first-order valence-corrected chi connectivity index (χ1v) is 2.88. The van der Waals surface area contributed by atoms with Gasteiger partial charge in [-0.1, -0.05) is 6.08 Å². The molecule has 2 nitrogen and oxygen atoms in total. The number of allylic oxidation sites excluding steroid dienone is 1. The summed E-state index contributed by atoms with van der Waals surface area (Å²) in [6.07, 6.45) is 1.68. The van der Waals surface area contributed by atoms with E-state index >= 15 is 0 Å². The van der Waals surface area contributed by atoms with Crippen molar-refractivity contribution in [3.05, 3.63) is 11.6 Å². The van der Waals surface area contributed by atoms with Crippen LogP contribution in [0.4, 0.5) is 0 Å². The molecule has 0 atom stereocenters. The van der Waals surface area contributed by atoms with E-state index in [1.807, 2.05) is 5.16 Å². The summed E-state index contributed by atoms with van der Waals surface area (Å²) in [6.45, 7) is 3.45. The van der Waals surface area contributed by atoms with Gasteiger partial charge >= 0.3 is 0 Å². The molecule has 0 fully saturated rings. The number of isothiocyanates is 1. The smallest absolute Gasteiger partial charge is 0.266 e. The highest BCUT2D eigenvalue weighted by molar-refractivity contribution is 7.78. The van der Waals surface area contributed by atoms with Crippen LogP contribution in [0.1, 0.15) is 13.8 Å². The Morgan fingerprint density at radius 2 is 2.33 bits per heavy atom. The Bertz CT molecular complexity index is 189. The standard InChI is InChI=1S/C6H7NOS/c1-3-5(2)6(8)7-4-9/h3H,1-2H3/b5-3-. The summed E-state index contributed by atoms with van der Waals surface area (Å²) < 4.78 is 0. The first kappa shape index (κ1) is 8.21. The SMILES string of the molecule is C/C=C(/C)C(=O)N=C=S. The highest BCUT2D eigenvalue weighted by Crippen LogP contribution is 1.92. The maximum atomic E-state index is 10.6. The molecule has 0 aliphatic heterocycles. The topological polar surface area (TPSA) is 29.4 Å². The van der Waals surface area contributed by atoms with E-state index < -0.39 is 0 Å². The Morgan fingerprint density at radius 1 is 1.78 bits per heavy atom. The minimum absolute atomic E-state index is 0.312. The van der Waals surface area contributed by atoms with Gasteiger partial charge < -0.3 is 0 Å². The monoisotopic (exact) mass is 141 g/mol. The van der Waals surface area contributed by atoms with Crippen LogP contribution in [0.5, 0.6) is 0 Å². The lowest BCUT2D eigenvalue weighted by molar-refractivity contribution is -0.114. The van der Waals surface area contributed by atoms with Gasteiger partial charge in [-0.3, -0.25) is 4.79 Å². The third-order valence-electron chi connectivity index (χ3n) is 0.918. The summed E-state index contributed by atoms with van der Waals surface area (Å²) >= 11 is 4.23. The van der Waals surface area contributed by atoms with E-state index in [1.165, 1.54) is 0 Å². The lowest BCUT2D eigenvalue weighted by Gasteiger charge is -1.85. The Hall–Kier alpha value is -0.790. The second-order valence-corrected chi connectivity index (χ2v) is 1.66. The zero-order valence-electron chi connectivity index (χ0n) is 5.34. The molecule has 0 spiro atoms. The molecular weight excluding hydrogens is 134 g/mol. The van der Waals surface area contributed by atoms with E-state index in [1.54, 1.807) is 19.9 Å². The lowest BCUT2D eigenvalue weighted by Crippen LogP contribution is -1.92. The number of hydrogen-bond donors (Lipinski definition) is 0. The van der Waals surface area contributed by atoms with E-state index in [2.05, 4.69) is 17.2 Å². The van der Waals surface area contributed by atoms with Crippen molar-refractivity contribution in [3.63, 3.8) is 0 Å². The van der Waals surface area contributed by atoms with Crippen LogP contribution in [0.25, 0.3) is 0 Å². The van der Waals surface area contributed by atoms with Crippen molar-refractivity contribution in [3.8, 4) is 0 Å². The van der Waals surface area contributed by atoms with Crippen molar-refractivity contribution >= 4 is 23.3 Å². The van der Waals surface area contributed by atoms with Gasteiger partial charge in [0.25, 0.3) is 5.91 Å². The lowest BCUT2D eigenvalue weighted by atomic mass is 10.3. The molecule has 0 bridgehead atoms. The molecule has 3 heteroatoms. The van der Waals surface area contributed by atoms with Crippen LogP contribution in [-0.2, 0) is 4.79 Å². The van der Waals surface area contributed by atoms with Gasteiger partial charge in [-0.05, 0) is 26.1 Å². The first-order chi connectivity index (χ1) is 4.22. The van der Waals surface area contributed by atoms with Crippen LogP contribution < -0.4 is 0 Å². The fraction of sp³-hybridized carbons (Fsp3) is 0.333. The molecule has 48 valence electrons. The van der Waals surface area contributed by atoms with Crippen LogP contribution in [0, 0.1) is 0 Å². The largest absolute Gasteiger partial charge is 0.281 e. The van der Waals surface area contributed by atoms with E-state index in [9.17, 15) is 4.79 Å². The highest BCUT2D eigenvalue weighted by Gasteiger charge is 1.96. The molecule has 9 heavy (non-hydrogen) atoms. The maximum Gasteiger partial charge on any atom is 0.281 e. The third kappa shape index (κ3) is 2.90. The van der Waals surface area contributed by atoms with Crippen LogP contribution in [0.15, 0.2) is 16.6 Å². The molecule has 0 aromatic rings. The van der Waals surface area contributed by atoms with Crippen molar-refractivity contribution in [2.75, 3.05) is 0 Å². The zero-order valence-corrected chi connectivity index (χ0v) is 6.16. The van der Waals surface area contributed by atoms with E-state index in [-0.39, 0.29) is 5.91 Å². The summed E-state index contributed by atoms with van der Waals surface area (Å²) in [5.41, 5.74) is 0.590. The molecule has 0 aliphatic carbocycles. The first-order valence-electron chi connectivity index (χ1n) is 2.47. The summed E-state index contributed by atoms with van der Waals surface area (Å²) in [4.78, 5) is 13.9. The van der Waals surface area contributed by atoms with Gasteiger partial charge in [0, 0.05) is 5.57 Å². The molecule has 0 aromatic heterocycles. The summed E-state index contributed by atoms with van der Waals surface area (Å²) in [6, 6.07) is 0. The van der Waals surface area contributed by atoms with Gasteiger partial charge in [0.2, 0.25) is 0 Å². The molecule has 0 radical (unpaired) electrons. The highest BCUT2D eigenvalue weighted by atomic mass is 32.1. The number of nitrogens with zero attached hydrogens (tertiary/aromatic N) is 1. The normalized spacial score (nSPS) is 10.2. The maximum absolute atomic E-state index is 10.6. The second kappa shape index (κ2) is 4.13. The Balaban J connectivity index is 4.22. The fourth-order valence-corrected chi connectivity index (χ4v) is 0.336. The number of aliphatic imine (C=N–C) groups is 1. The van der Waals surface area contributed by atoms with Crippen LogP contribution in [0.3, 0.4) is 0 Å². The van der Waals surface area contributed by atoms with Gasteiger partial charge in [-0.25, -0.2) is 0 Å². The number of hydrogen-bond acceptors (Lipinski definition) is 2. The van der Waals surface area contributed by atoms with Gasteiger partial charge in [0.15, 0.2) is 0 Å². The van der Waals surface area contributed by atoms with Crippen molar-refractivity contribution in [1.29, 1.82) is 0 Å². The molecule has 1 amide bonds.